The van der Waals surface area contributed by atoms with Crippen LogP contribution in [-0.4, -0.2) is 13.7 Å². The molecule has 3 N–H and O–H groups in total. The monoisotopic (exact) mass is 322 g/mol. The fraction of sp³-hybridized carbons (Fsp3) is 0.538. The first-order valence-corrected chi connectivity index (χ1v) is 8.23. The number of halogens is 3. The first kappa shape index (κ1) is 15.9. The molecule has 8 heteroatoms. The number of rotatable bonds is 3. The van der Waals surface area contributed by atoms with Crippen molar-refractivity contribution < 1.29 is 21.6 Å². The molecule has 0 amide bonds. The predicted octanol–water partition coefficient (Wildman–Crippen LogP) is 3.36. The van der Waals surface area contributed by atoms with E-state index >= 15 is 0 Å². The van der Waals surface area contributed by atoms with Gasteiger partial charge < -0.3 is 5.73 Å². The third-order valence-electron chi connectivity index (χ3n) is 3.62. The van der Waals surface area contributed by atoms with E-state index in [0.29, 0.717) is 12.8 Å². The molecule has 1 fully saturated rings. The van der Waals surface area contributed by atoms with Crippen LogP contribution >= 0.6 is 0 Å². The van der Waals surface area contributed by atoms with Crippen molar-refractivity contribution in [3.05, 3.63) is 23.8 Å². The summed E-state index contributed by atoms with van der Waals surface area (Å²) in [6, 6.07) is 2.60. The molecule has 118 valence electrons. The molecule has 0 atom stereocenters. The number of alkyl halides is 3. The maximum absolute atomic E-state index is 12.5. The molecule has 1 aromatic carbocycles. The van der Waals surface area contributed by atoms with Crippen LogP contribution in [0.5, 0.6) is 0 Å². The van der Waals surface area contributed by atoms with Crippen molar-refractivity contribution >= 4 is 21.4 Å². The Morgan fingerprint density at radius 2 is 1.76 bits per heavy atom. The van der Waals surface area contributed by atoms with Gasteiger partial charge in [0.2, 0.25) is 10.0 Å². The fourth-order valence-electron chi connectivity index (χ4n) is 2.44. The van der Waals surface area contributed by atoms with Gasteiger partial charge in [0.15, 0.2) is 0 Å². The third-order valence-corrected chi connectivity index (χ3v) is 5.48. The zero-order valence-corrected chi connectivity index (χ0v) is 12.1. The summed E-state index contributed by atoms with van der Waals surface area (Å²) < 4.78 is 64.3. The SMILES string of the molecule is Nc1cc(C(F)(F)F)ccc1NS(=O)(=O)C1CCCCC1. The number of anilines is 2. The average molecular weight is 322 g/mol. The lowest BCUT2D eigenvalue weighted by atomic mass is 10.0. The smallest absolute Gasteiger partial charge is 0.397 e. The molecule has 1 aromatic rings. The van der Waals surface area contributed by atoms with Gasteiger partial charge in [-0.3, -0.25) is 4.72 Å². The third kappa shape index (κ3) is 3.81. The van der Waals surface area contributed by atoms with Gasteiger partial charge in [0.1, 0.15) is 0 Å². The Balaban J connectivity index is 2.19. The number of benzene rings is 1. The van der Waals surface area contributed by atoms with Crippen molar-refractivity contribution in [2.24, 2.45) is 0 Å². The number of nitrogens with two attached hydrogens (primary N) is 1. The normalized spacial score (nSPS) is 17.7. The summed E-state index contributed by atoms with van der Waals surface area (Å²) in [5, 5.41) is -0.507. The molecule has 2 rings (SSSR count). The van der Waals surface area contributed by atoms with Crippen molar-refractivity contribution in [1.82, 2.24) is 0 Å². The molecular formula is C13H17F3N2O2S. The number of sulfonamides is 1. The molecule has 1 saturated carbocycles. The van der Waals surface area contributed by atoms with Crippen LogP contribution in [0.3, 0.4) is 0 Å². The second kappa shape index (κ2) is 5.75. The molecule has 1 aliphatic rings. The molecule has 0 radical (unpaired) electrons. The molecular weight excluding hydrogens is 305 g/mol. The van der Waals surface area contributed by atoms with E-state index in [4.69, 9.17) is 5.73 Å². The largest absolute Gasteiger partial charge is 0.416 e. The molecule has 0 saturated heterocycles. The van der Waals surface area contributed by atoms with Crippen LogP contribution in [0, 0.1) is 0 Å². The molecule has 1 aliphatic carbocycles. The Labute approximate surface area is 121 Å². The zero-order chi connectivity index (χ0) is 15.7. The minimum atomic E-state index is -4.51. The number of hydrogen-bond acceptors (Lipinski definition) is 3. The summed E-state index contributed by atoms with van der Waals surface area (Å²) in [6.45, 7) is 0. The fourth-order valence-corrected chi connectivity index (χ4v) is 4.06. The summed E-state index contributed by atoms with van der Waals surface area (Å²) in [5.41, 5.74) is 4.39. The van der Waals surface area contributed by atoms with Crippen LogP contribution in [0.25, 0.3) is 0 Å². The highest BCUT2D eigenvalue weighted by atomic mass is 32.2. The van der Waals surface area contributed by atoms with Crippen LogP contribution in [0.1, 0.15) is 37.7 Å². The lowest BCUT2D eigenvalue weighted by Gasteiger charge is -2.23. The van der Waals surface area contributed by atoms with Crippen LogP contribution < -0.4 is 10.5 Å². The van der Waals surface area contributed by atoms with E-state index in [1.54, 1.807) is 0 Å². The molecule has 4 nitrogen and oxygen atoms in total. The van der Waals surface area contributed by atoms with E-state index in [0.717, 1.165) is 37.5 Å². The van der Waals surface area contributed by atoms with Crippen LogP contribution in [0.2, 0.25) is 0 Å². The molecule has 0 bridgehead atoms. The van der Waals surface area contributed by atoms with Gasteiger partial charge in [-0.2, -0.15) is 13.2 Å². The second-order valence-electron chi connectivity index (χ2n) is 5.21. The van der Waals surface area contributed by atoms with Crippen molar-refractivity contribution in [1.29, 1.82) is 0 Å². The minimum Gasteiger partial charge on any atom is -0.397 e. The van der Waals surface area contributed by atoms with E-state index in [1.165, 1.54) is 0 Å². The van der Waals surface area contributed by atoms with E-state index < -0.39 is 27.0 Å². The van der Waals surface area contributed by atoms with E-state index in [1.807, 2.05) is 0 Å². The van der Waals surface area contributed by atoms with Gasteiger partial charge in [-0.1, -0.05) is 19.3 Å². The van der Waals surface area contributed by atoms with Gasteiger partial charge >= 0.3 is 6.18 Å². The highest BCUT2D eigenvalue weighted by Gasteiger charge is 2.32. The number of nitrogen functional groups attached to an aromatic ring is 1. The van der Waals surface area contributed by atoms with Crippen molar-refractivity contribution in [3.63, 3.8) is 0 Å². The molecule has 0 spiro atoms. The highest BCUT2D eigenvalue weighted by Crippen LogP contribution is 2.34. The highest BCUT2D eigenvalue weighted by molar-refractivity contribution is 7.93. The van der Waals surface area contributed by atoms with Crippen molar-refractivity contribution in [2.75, 3.05) is 10.5 Å². The lowest BCUT2D eigenvalue weighted by molar-refractivity contribution is -0.137. The Morgan fingerprint density at radius 3 is 2.29 bits per heavy atom. The van der Waals surface area contributed by atoms with Gasteiger partial charge in [-0.25, -0.2) is 8.42 Å². The Morgan fingerprint density at radius 1 is 1.14 bits per heavy atom. The molecule has 0 unspecified atom stereocenters. The van der Waals surface area contributed by atoms with Gasteiger partial charge in [0.25, 0.3) is 0 Å². The van der Waals surface area contributed by atoms with Gasteiger partial charge in [0, 0.05) is 0 Å². The molecule has 0 aromatic heterocycles. The molecule has 0 aliphatic heterocycles. The van der Waals surface area contributed by atoms with E-state index in [9.17, 15) is 21.6 Å². The lowest BCUT2D eigenvalue weighted by Crippen LogP contribution is -2.30. The topological polar surface area (TPSA) is 72.2 Å². The zero-order valence-electron chi connectivity index (χ0n) is 11.3. The van der Waals surface area contributed by atoms with Crippen LogP contribution in [0.15, 0.2) is 18.2 Å². The molecule has 0 heterocycles. The molecule has 21 heavy (non-hydrogen) atoms. The Bertz CT molecular complexity index is 608. The first-order chi connectivity index (χ1) is 9.70. The summed E-state index contributed by atoms with van der Waals surface area (Å²) >= 11 is 0. The van der Waals surface area contributed by atoms with Gasteiger partial charge in [-0.05, 0) is 31.0 Å². The van der Waals surface area contributed by atoms with Crippen molar-refractivity contribution in [2.45, 2.75) is 43.5 Å². The minimum absolute atomic E-state index is 0.00595. The maximum Gasteiger partial charge on any atom is 0.416 e. The first-order valence-electron chi connectivity index (χ1n) is 6.68. The van der Waals surface area contributed by atoms with Crippen LogP contribution in [-0.2, 0) is 16.2 Å². The summed E-state index contributed by atoms with van der Waals surface area (Å²) in [4.78, 5) is 0. The summed E-state index contributed by atoms with van der Waals surface area (Å²) in [5.74, 6) is 0. The second-order valence-corrected chi connectivity index (χ2v) is 7.17. The van der Waals surface area contributed by atoms with Gasteiger partial charge in [-0.15, -0.1) is 0 Å². The Kier molecular flexibility index (Phi) is 4.36. The Hall–Kier alpha value is -1.44. The average Bonchev–Trinajstić information content (AvgIpc) is 2.41. The predicted molar refractivity (Wildman–Crippen MR) is 75.3 cm³/mol. The maximum atomic E-state index is 12.5. The van der Waals surface area contributed by atoms with Crippen molar-refractivity contribution in [3.8, 4) is 0 Å². The summed E-state index contributed by atoms with van der Waals surface area (Å²) in [6.07, 6.45) is -0.683. The number of nitrogens with one attached hydrogen (secondary N) is 1. The quantitative estimate of drug-likeness (QED) is 0.838. The van der Waals surface area contributed by atoms with Gasteiger partial charge in [0.05, 0.1) is 22.2 Å². The van der Waals surface area contributed by atoms with Crippen LogP contribution in [0.4, 0.5) is 24.5 Å². The van der Waals surface area contributed by atoms with E-state index in [-0.39, 0.29) is 11.4 Å². The number of hydrogen-bond donors (Lipinski definition) is 2. The standard InChI is InChI=1S/C13H17F3N2O2S/c14-13(15,16)9-6-7-12(11(17)8-9)18-21(19,20)10-4-2-1-3-5-10/h6-8,10,18H,1-5,17H2. The van der Waals surface area contributed by atoms with E-state index in [2.05, 4.69) is 4.72 Å². The summed E-state index contributed by atoms with van der Waals surface area (Å²) in [7, 11) is -3.62.